The van der Waals surface area contributed by atoms with Crippen LogP contribution in [0.15, 0.2) is 18.2 Å². The van der Waals surface area contributed by atoms with Crippen LogP contribution in [-0.2, 0) is 0 Å². The van der Waals surface area contributed by atoms with E-state index in [1.54, 1.807) is 25.2 Å². The Labute approximate surface area is 113 Å². The molecule has 3 N–H and O–H groups in total. The number of aliphatic hydroxyl groups excluding tert-OH is 1. The zero-order valence-electron chi connectivity index (χ0n) is 11.5. The van der Waals surface area contributed by atoms with Gasteiger partial charge in [-0.1, -0.05) is 19.9 Å². The van der Waals surface area contributed by atoms with E-state index in [0.29, 0.717) is 30.3 Å². The number of nitro groups is 1. The Hall–Kier alpha value is -1.82. The second-order valence-corrected chi connectivity index (χ2v) is 4.87. The van der Waals surface area contributed by atoms with Gasteiger partial charge in [-0.05, 0) is 24.5 Å². The van der Waals surface area contributed by atoms with Gasteiger partial charge in [0.25, 0.3) is 0 Å². The highest BCUT2D eigenvalue weighted by Crippen LogP contribution is 2.32. The van der Waals surface area contributed by atoms with Gasteiger partial charge < -0.3 is 15.7 Å². The number of nitrogens with zero attached hydrogens (tertiary/aromatic N) is 1. The van der Waals surface area contributed by atoms with Crippen molar-refractivity contribution in [3.05, 3.63) is 28.3 Å². The van der Waals surface area contributed by atoms with Crippen LogP contribution in [0.4, 0.5) is 17.1 Å². The number of hydrogen-bond acceptors (Lipinski definition) is 5. The Balaban J connectivity index is 2.80. The summed E-state index contributed by atoms with van der Waals surface area (Å²) in [6, 6.07) is 5.02. The lowest BCUT2D eigenvalue weighted by atomic mass is 10.1. The summed E-state index contributed by atoms with van der Waals surface area (Å²) in [6.45, 7) is 4.34. The second-order valence-electron chi connectivity index (χ2n) is 4.87. The fourth-order valence-electron chi connectivity index (χ4n) is 1.94. The summed E-state index contributed by atoms with van der Waals surface area (Å²) in [5, 5.41) is 26.6. The molecule has 0 saturated carbocycles. The Kier molecular flexibility index (Phi) is 5.57. The summed E-state index contributed by atoms with van der Waals surface area (Å²) in [5.74, 6) is 0.385. The minimum atomic E-state index is -0.516. The summed E-state index contributed by atoms with van der Waals surface area (Å²) in [7, 11) is 1.64. The van der Waals surface area contributed by atoms with Crippen LogP contribution in [0.2, 0.25) is 0 Å². The molecule has 0 spiro atoms. The van der Waals surface area contributed by atoms with Gasteiger partial charge in [0.2, 0.25) is 0 Å². The largest absolute Gasteiger partial charge is 0.391 e. The molecule has 0 heterocycles. The molecule has 0 aliphatic heterocycles. The Morgan fingerprint density at radius 2 is 2.00 bits per heavy atom. The Morgan fingerprint density at radius 3 is 2.53 bits per heavy atom. The SMILES string of the molecule is CNc1cccc(NCC(O)CC(C)C)c1[N+](=O)[O-]. The minimum absolute atomic E-state index is 0.00162. The first kappa shape index (κ1) is 15.2. The van der Waals surface area contributed by atoms with E-state index in [1.807, 2.05) is 13.8 Å². The van der Waals surface area contributed by atoms with Gasteiger partial charge in [-0.15, -0.1) is 0 Å². The lowest BCUT2D eigenvalue weighted by Gasteiger charge is -2.15. The molecule has 0 aliphatic rings. The number of rotatable bonds is 7. The molecule has 0 aliphatic carbocycles. The maximum atomic E-state index is 11.1. The number of aliphatic hydroxyl groups is 1. The van der Waals surface area contributed by atoms with Gasteiger partial charge in [0.05, 0.1) is 11.0 Å². The summed E-state index contributed by atoms with van der Waals surface area (Å²) in [4.78, 5) is 10.7. The molecule has 0 aromatic heterocycles. The molecule has 1 atom stereocenters. The third-order valence-corrected chi connectivity index (χ3v) is 2.76. The normalized spacial score (nSPS) is 12.3. The summed E-state index contributed by atoms with van der Waals surface area (Å²) < 4.78 is 0. The molecule has 0 fully saturated rings. The number of hydrogen-bond donors (Lipinski definition) is 3. The summed E-state index contributed by atoms with van der Waals surface area (Å²) >= 11 is 0. The van der Waals surface area contributed by atoms with Crippen LogP contribution in [-0.4, -0.2) is 29.7 Å². The molecule has 0 amide bonds. The summed E-state index contributed by atoms with van der Waals surface area (Å²) in [5.41, 5.74) is 0.870. The van der Waals surface area contributed by atoms with Crippen molar-refractivity contribution in [1.29, 1.82) is 0 Å². The third-order valence-electron chi connectivity index (χ3n) is 2.76. The predicted molar refractivity (Wildman–Crippen MR) is 76.6 cm³/mol. The highest BCUT2D eigenvalue weighted by atomic mass is 16.6. The van der Waals surface area contributed by atoms with Crippen LogP contribution in [0.1, 0.15) is 20.3 Å². The van der Waals surface area contributed by atoms with Gasteiger partial charge in [0.1, 0.15) is 11.4 Å². The molecule has 1 aromatic carbocycles. The zero-order valence-corrected chi connectivity index (χ0v) is 11.5. The van der Waals surface area contributed by atoms with Gasteiger partial charge in [0.15, 0.2) is 0 Å². The number of benzene rings is 1. The van der Waals surface area contributed by atoms with Crippen molar-refractivity contribution >= 4 is 17.1 Å². The van der Waals surface area contributed by atoms with Gasteiger partial charge in [-0.3, -0.25) is 10.1 Å². The average Bonchev–Trinajstić information content (AvgIpc) is 2.34. The van der Waals surface area contributed by atoms with Crippen molar-refractivity contribution in [1.82, 2.24) is 0 Å². The molecule has 0 bridgehead atoms. The van der Waals surface area contributed by atoms with Gasteiger partial charge >= 0.3 is 5.69 Å². The first-order valence-corrected chi connectivity index (χ1v) is 6.32. The Morgan fingerprint density at radius 1 is 1.37 bits per heavy atom. The van der Waals surface area contributed by atoms with E-state index in [4.69, 9.17) is 0 Å². The lowest BCUT2D eigenvalue weighted by molar-refractivity contribution is -0.383. The molecule has 1 aromatic rings. The molecule has 0 saturated heterocycles. The predicted octanol–water partition coefficient (Wildman–Crippen LogP) is 2.46. The van der Waals surface area contributed by atoms with E-state index in [-0.39, 0.29) is 5.69 Å². The molecule has 106 valence electrons. The molecule has 6 nitrogen and oxygen atoms in total. The van der Waals surface area contributed by atoms with E-state index < -0.39 is 11.0 Å². The van der Waals surface area contributed by atoms with Crippen LogP contribution in [0.5, 0.6) is 0 Å². The molecule has 1 unspecified atom stereocenters. The second kappa shape index (κ2) is 6.94. The van der Waals surface area contributed by atoms with Crippen LogP contribution in [0.3, 0.4) is 0 Å². The van der Waals surface area contributed by atoms with Gasteiger partial charge in [-0.2, -0.15) is 0 Å². The standard InChI is InChI=1S/C13H21N3O3/c1-9(2)7-10(17)8-15-12-6-4-5-11(14-3)13(12)16(18)19/h4-6,9-10,14-15,17H,7-8H2,1-3H3. The van der Waals surface area contributed by atoms with Crippen molar-refractivity contribution in [3.8, 4) is 0 Å². The quantitative estimate of drug-likeness (QED) is 0.521. The van der Waals surface area contributed by atoms with Gasteiger partial charge in [-0.25, -0.2) is 0 Å². The molecule has 6 heteroatoms. The van der Waals surface area contributed by atoms with Gasteiger partial charge in [0, 0.05) is 13.6 Å². The number of nitrogens with one attached hydrogen (secondary N) is 2. The number of anilines is 2. The van der Waals surface area contributed by atoms with E-state index in [0.717, 1.165) is 0 Å². The third kappa shape index (κ3) is 4.40. The van der Waals surface area contributed by atoms with Crippen LogP contribution in [0.25, 0.3) is 0 Å². The fraction of sp³-hybridized carbons (Fsp3) is 0.538. The maximum absolute atomic E-state index is 11.1. The highest BCUT2D eigenvalue weighted by Gasteiger charge is 2.19. The monoisotopic (exact) mass is 267 g/mol. The molecule has 19 heavy (non-hydrogen) atoms. The highest BCUT2D eigenvalue weighted by molar-refractivity contribution is 5.76. The molecule has 1 rings (SSSR count). The number of para-hydroxylation sites is 1. The van der Waals surface area contributed by atoms with E-state index in [9.17, 15) is 15.2 Å². The molecular weight excluding hydrogens is 246 g/mol. The van der Waals surface area contributed by atoms with Crippen LogP contribution in [0, 0.1) is 16.0 Å². The topological polar surface area (TPSA) is 87.4 Å². The first-order valence-electron chi connectivity index (χ1n) is 6.32. The maximum Gasteiger partial charge on any atom is 0.315 e. The van der Waals surface area contributed by atoms with E-state index in [1.165, 1.54) is 0 Å². The molecule has 0 radical (unpaired) electrons. The van der Waals surface area contributed by atoms with Crippen molar-refractivity contribution in [2.75, 3.05) is 24.2 Å². The van der Waals surface area contributed by atoms with Crippen molar-refractivity contribution in [2.45, 2.75) is 26.4 Å². The average molecular weight is 267 g/mol. The lowest BCUT2D eigenvalue weighted by Crippen LogP contribution is -2.21. The first-order chi connectivity index (χ1) is 8.95. The fourth-order valence-corrected chi connectivity index (χ4v) is 1.94. The van der Waals surface area contributed by atoms with E-state index >= 15 is 0 Å². The number of nitro benzene ring substituents is 1. The smallest absolute Gasteiger partial charge is 0.315 e. The zero-order chi connectivity index (χ0) is 14.4. The van der Waals surface area contributed by atoms with Crippen LogP contribution >= 0.6 is 0 Å². The van der Waals surface area contributed by atoms with Crippen molar-refractivity contribution in [2.24, 2.45) is 5.92 Å². The minimum Gasteiger partial charge on any atom is -0.391 e. The molecular formula is C13H21N3O3. The Bertz CT molecular complexity index is 435. The van der Waals surface area contributed by atoms with Crippen molar-refractivity contribution in [3.63, 3.8) is 0 Å². The summed E-state index contributed by atoms with van der Waals surface area (Å²) in [6.07, 6.45) is 0.143. The van der Waals surface area contributed by atoms with Crippen molar-refractivity contribution < 1.29 is 10.0 Å². The van der Waals surface area contributed by atoms with Crippen LogP contribution < -0.4 is 10.6 Å². The van der Waals surface area contributed by atoms with E-state index in [2.05, 4.69) is 10.6 Å².